The maximum atomic E-state index is 12.7. The van der Waals surface area contributed by atoms with E-state index in [9.17, 15) is 13.2 Å². The van der Waals surface area contributed by atoms with Gasteiger partial charge in [-0.25, -0.2) is 18.2 Å². The third kappa shape index (κ3) is 4.39. The van der Waals surface area contributed by atoms with Gasteiger partial charge in [0.2, 0.25) is 10.0 Å². The molecule has 0 bridgehead atoms. The predicted octanol–water partition coefficient (Wildman–Crippen LogP) is 3.96. The molecule has 0 unspecified atom stereocenters. The third-order valence-electron chi connectivity index (χ3n) is 5.02. The average molecular weight is 431 g/mol. The van der Waals surface area contributed by atoms with Crippen molar-refractivity contribution in [2.45, 2.75) is 41.9 Å². The van der Waals surface area contributed by atoms with E-state index in [0.29, 0.717) is 29.5 Å². The summed E-state index contributed by atoms with van der Waals surface area (Å²) in [5.74, 6) is 0.538. The summed E-state index contributed by atoms with van der Waals surface area (Å²) in [6, 6.07) is 10.6. The molecule has 1 fully saturated rings. The molecule has 1 aliphatic rings. The topological polar surface area (TPSA) is 80.5 Å². The quantitative estimate of drug-likeness (QED) is 0.450. The molecule has 6 nitrogen and oxygen atoms in total. The summed E-state index contributed by atoms with van der Waals surface area (Å²) in [5.41, 5.74) is 2.09. The number of aromatic nitrogens is 1. The Morgan fingerprint density at radius 2 is 1.90 bits per heavy atom. The Kier molecular flexibility index (Phi) is 5.76. The monoisotopic (exact) mass is 430 g/mol. The minimum atomic E-state index is -3.48. The first-order valence-corrected chi connectivity index (χ1v) is 12.0. The van der Waals surface area contributed by atoms with Gasteiger partial charge < -0.3 is 4.42 Å². The molecule has 0 atom stereocenters. The van der Waals surface area contributed by atoms with Gasteiger partial charge in [-0.3, -0.25) is 0 Å². The van der Waals surface area contributed by atoms with E-state index < -0.39 is 10.0 Å². The van der Waals surface area contributed by atoms with Crippen LogP contribution in [0, 0.1) is 6.92 Å². The van der Waals surface area contributed by atoms with Crippen molar-refractivity contribution in [1.82, 2.24) is 9.29 Å². The summed E-state index contributed by atoms with van der Waals surface area (Å²) in [6.45, 7) is 3.09. The van der Waals surface area contributed by atoms with Gasteiger partial charge in [-0.15, -0.1) is 11.8 Å². The van der Waals surface area contributed by atoms with E-state index in [1.807, 2.05) is 25.1 Å². The van der Waals surface area contributed by atoms with Gasteiger partial charge in [-0.2, -0.15) is 4.31 Å². The summed E-state index contributed by atoms with van der Waals surface area (Å²) < 4.78 is 32.3. The first-order chi connectivity index (χ1) is 13.9. The summed E-state index contributed by atoms with van der Waals surface area (Å²) >= 11 is 1.46. The molecule has 0 N–H and O–H groups in total. The van der Waals surface area contributed by atoms with Crippen LogP contribution in [0.25, 0.3) is 11.0 Å². The molecule has 0 radical (unpaired) electrons. The van der Waals surface area contributed by atoms with Crippen LogP contribution in [-0.2, 0) is 15.8 Å². The fraction of sp³-hybridized carbons (Fsp3) is 0.333. The molecule has 0 aliphatic carbocycles. The SMILES string of the molecule is Cc1ccc2c(CSc3ccc(S(=O)(=O)N4CCCCC4)cn3)cc(=O)oc2c1. The molecule has 0 amide bonds. The number of benzene rings is 1. The van der Waals surface area contributed by atoms with Crippen LogP contribution in [0.5, 0.6) is 0 Å². The number of hydrogen-bond acceptors (Lipinski definition) is 6. The normalized spacial score (nSPS) is 15.6. The zero-order valence-electron chi connectivity index (χ0n) is 16.1. The van der Waals surface area contributed by atoms with Crippen LogP contribution in [0.2, 0.25) is 0 Å². The van der Waals surface area contributed by atoms with Crippen LogP contribution < -0.4 is 5.63 Å². The van der Waals surface area contributed by atoms with E-state index in [0.717, 1.165) is 35.8 Å². The molecule has 3 heterocycles. The van der Waals surface area contributed by atoms with Crippen LogP contribution in [0.4, 0.5) is 0 Å². The molecule has 0 saturated carbocycles. The molecule has 0 spiro atoms. The lowest BCUT2D eigenvalue weighted by atomic mass is 10.1. The van der Waals surface area contributed by atoms with E-state index in [4.69, 9.17) is 4.42 Å². The fourth-order valence-corrected chi connectivity index (χ4v) is 5.76. The van der Waals surface area contributed by atoms with Gasteiger partial charge in [0.15, 0.2) is 0 Å². The Morgan fingerprint density at radius 1 is 1.10 bits per heavy atom. The Hall–Kier alpha value is -2.16. The lowest BCUT2D eigenvalue weighted by Gasteiger charge is -2.25. The van der Waals surface area contributed by atoms with Crippen LogP contribution in [-0.4, -0.2) is 30.8 Å². The highest BCUT2D eigenvalue weighted by atomic mass is 32.2. The van der Waals surface area contributed by atoms with Crippen molar-refractivity contribution < 1.29 is 12.8 Å². The summed E-state index contributed by atoms with van der Waals surface area (Å²) in [4.78, 5) is 16.4. The van der Waals surface area contributed by atoms with Gasteiger partial charge >= 0.3 is 5.63 Å². The maximum Gasteiger partial charge on any atom is 0.336 e. The molecular formula is C21H22N2O4S2. The Labute approximate surface area is 174 Å². The van der Waals surface area contributed by atoms with Gasteiger partial charge in [0.1, 0.15) is 10.5 Å². The molecule has 4 rings (SSSR count). The van der Waals surface area contributed by atoms with E-state index in [2.05, 4.69) is 4.98 Å². The molecule has 1 aliphatic heterocycles. The maximum absolute atomic E-state index is 12.7. The smallest absolute Gasteiger partial charge is 0.336 e. The number of pyridine rings is 1. The van der Waals surface area contributed by atoms with Crippen molar-refractivity contribution in [3.8, 4) is 0 Å². The zero-order valence-corrected chi connectivity index (χ0v) is 17.8. The molecule has 152 valence electrons. The van der Waals surface area contributed by atoms with Gasteiger partial charge in [0.05, 0.1) is 5.03 Å². The standard InChI is InChI=1S/C21H22N2O4S2/c1-15-5-7-18-16(12-21(24)27-19(18)11-15)14-28-20-8-6-17(13-22-20)29(25,26)23-9-3-2-4-10-23/h5-8,11-13H,2-4,9-10,14H2,1H3. The van der Waals surface area contributed by atoms with Gasteiger partial charge in [0, 0.05) is 36.5 Å². The second kappa shape index (κ2) is 8.30. The lowest BCUT2D eigenvalue weighted by Crippen LogP contribution is -2.35. The van der Waals surface area contributed by atoms with E-state index >= 15 is 0 Å². The number of nitrogens with zero attached hydrogens (tertiary/aromatic N) is 2. The molecule has 2 aromatic heterocycles. The first-order valence-electron chi connectivity index (χ1n) is 9.56. The second-order valence-electron chi connectivity index (χ2n) is 7.18. The molecule has 8 heteroatoms. The Morgan fingerprint density at radius 3 is 2.62 bits per heavy atom. The molecule has 1 aromatic carbocycles. The Balaban J connectivity index is 1.51. The third-order valence-corrected chi connectivity index (χ3v) is 7.90. The van der Waals surface area contributed by atoms with E-state index in [1.165, 1.54) is 28.3 Å². The minimum absolute atomic E-state index is 0.227. The second-order valence-corrected chi connectivity index (χ2v) is 10.1. The molecule has 1 saturated heterocycles. The molecule has 29 heavy (non-hydrogen) atoms. The summed E-state index contributed by atoms with van der Waals surface area (Å²) in [7, 11) is -3.48. The first kappa shape index (κ1) is 20.1. The minimum Gasteiger partial charge on any atom is -0.423 e. The molecule has 3 aromatic rings. The van der Waals surface area contributed by atoms with Crippen molar-refractivity contribution in [2.75, 3.05) is 13.1 Å². The number of hydrogen-bond donors (Lipinski definition) is 0. The van der Waals surface area contributed by atoms with Gasteiger partial charge in [-0.05, 0) is 49.1 Å². The number of piperidine rings is 1. The number of thioether (sulfide) groups is 1. The van der Waals surface area contributed by atoms with Crippen LogP contribution in [0.15, 0.2) is 61.7 Å². The largest absolute Gasteiger partial charge is 0.423 e. The van der Waals surface area contributed by atoms with E-state index in [1.54, 1.807) is 12.1 Å². The van der Waals surface area contributed by atoms with Gasteiger partial charge in [-0.1, -0.05) is 18.6 Å². The van der Waals surface area contributed by atoms with Crippen molar-refractivity contribution >= 4 is 32.8 Å². The van der Waals surface area contributed by atoms with Crippen molar-refractivity contribution in [2.24, 2.45) is 0 Å². The summed E-state index contributed by atoms with van der Waals surface area (Å²) in [6.07, 6.45) is 4.30. The number of aryl methyl sites for hydroxylation is 1. The highest BCUT2D eigenvalue weighted by Gasteiger charge is 2.26. The van der Waals surface area contributed by atoms with E-state index in [-0.39, 0.29) is 10.5 Å². The predicted molar refractivity (Wildman–Crippen MR) is 114 cm³/mol. The zero-order chi connectivity index (χ0) is 20.4. The van der Waals surface area contributed by atoms with Crippen LogP contribution in [0.1, 0.15) is 30.4 Å². The average Bonchev–Trinajstić information content (AvgIpc) is 2.72. The number of fused-ring (bicyclic) bond motifs is 1. The summed E-state index contributed by atoms with van der Waals surface area (Å²) in [5, 5.41) is 1.60. The molecular weight excluding hydrogens is 408 g/mol. The highest BCUT2D eigenvalue weighted by Crippen LogP contribution is 2.27. The van der Waals surface area contributed by atoms with Crippen molar-refractivity contribution in [1.29, 1.82) is 0 Å². The van der Waals surface area contributed by atoms with Crippen LogP contribution >= 0.6 is 11.8 Å². The van der Waals surface area contributed by atoms with Crippen molar-refractivity contribution in [3.63, 3.8) is 0 Å². The van der Waals surface area contributed by atoms with Crippen LogP contribution in [0.3, 0.4) is 0 Å². The van der Waals surface area contributed by atoms with Crippen molar-refractivity contribution in [3.05, 3.63) is 64.1 Å². The number of sulfonamides is 1. The fourth-order valence-electron chi connectivity index (χ4n) is 3.47. The lowest BCUT2D eigenvalue weighted by molar-refractivity contribution is 0.346. The highest BCUT2D eigenvalue weighted by molar-refractivity contribution is 7.98. The Bertz CT molecular complexity index is 1180. The van der Waals surface area contributed by atoms with Gasteiger partial charge in [0.25, 0.3) is 0 Å². The number of rotatable bonds is 5.